The van der Waals surface area contributed by atoms with Gasteiger partial charge in [-0.05, 0) is 43.7 Å². The normalized spacial score (nSPS) is 17.9. The first-order chi connectivity index (χ1) is 9.82. The van der Waals surface area contributed by atoms with Crippen molar-refractivity contribution < 1.29 is 14.7 Å². The molecule has 21 heavy (non-hydrogen) atoms. The summed E-state index contributed by atoms with van der Waals surface area (Å²) in [5.74, 6) is -1.04. The van der Waals surface area contributed by atoms with Crippen LogP contribution < -0.4 is 10.2 Å². The zero-order valence-corrected chi connectivity index (χ0v) is 13.5. The predicted molar refractivity (Wildman–Crippen MR) is 85.2 cm³/mol. The van der Waals surface area contributed by atoms with E-state index in [0.717, 1.165) is 21.8 Å². The average molecular weight is 353 g/mol. The van der Waals surface area contributed by atoms with Crippen LogP contribution in [0.3, 0.4) is 0 Å². The number of carbonyl (C=O) groups is 2. The number of halogens is 1. The van der Waals surface area contributed by atoms with E-state index in [1.165, 1.54) is 0 Å². The molecule has 6 heteroatoms. The van der Waals surface area contributed by atoms with Crippen LogP contribution in [-0.4, -0.2) is 35.6 Å². The smallest absolute Gasteiger partial charge is 0.328 e. The zero-order valence-electron chi connectivity index (χ0n) is 11.9. The van der Waals surface area contributed by atoms with E-state index in [4.69, 9.17) is 5.11 Å². The summed E-state index contributed by atoms with van der Waals surface area (Å²) in [5, 5.41) is 11.7. The number of carboxylic acid groups (broad SMARTS) is 1. The number of nitrogens with zero attached hydrogens (tertiary/aromatic N) is 1. The van der Waals surface area contributed by atoms with Crippen LogP contribution in [-0.2, 0) is 9.59 Å². The van der Waals surface area contributed by atoms with Crippen LogP contribution in [0, 0.1) is 0 Å². The van der Waals surface area contributed by atoms with Gasteiger partial charge in [0.1, 0.15) is 5.54 Å². The maximum atomic E-state index is 12.1. The number of nitrogens with one attached hydrogen (secondary N) is 1. The first-order valence-electron chi connectivity index (χ1n) is 6.59. The molecule has 1 aromatic rings. The minimum atomic E-state index is -1.00. The minimum absolute atomic E-state index is 0.0372. The van der Waals surface area contributed by atoms with Crippen LogP contribution in [0.2, 0.25) is 0 Å². The molecule has 1 heterocycles. The highest BCUT2D eigenvalue weighted by molar-refractivity contribution is 9.10. The lowest BCUT2D eigenvalue weighted by atomic mass is 9.96. The van der Waals surface area contributed by atoms with Crippen molar-refractivity contribution in [2.75, 3.05) is 18.0 Å². The maximum absolute atomic E-state index is 12.1. The summed E-state index contributed by atoms with van der Waals surface area (Å²) in [6.07, 6.45) is 2.65. The van der Waals surface area contributed by atoms with Crippen molar-refractivity contribution >= 4 is 39.6 Å². The van der Waals surface area contributed by atoms with Gasteiger partial charge in [-0.3, -0.25) is 4.79 Å². The molecule has 1 saturated heterocycles. The summed E-state index contributed by atoms with van der Waals surface area (Å²) in [5.41, 5.74) is 0.919. The molecule has 1 aliphatic rings. The molecule has 0 aromatic heterocycles. The van der Waals surface area contributed by atoms with Crippen LogP contribution in [0.25, 0.3) is 6.08 Å². The van der Waals surface area contributed by atoms with Gasteiger partial charge < -0.3 is 15.3 Å². The van der Waals surface area contributed by atoms with Gasteiger partial charge >= 0.3 is 5.97 Å². The van der Waals surface area contributed by atoms with Crippen LogP contribution in [0.1, 0.15) is 19.4 Å². The second-order valence-electron chi connectivity index (χ2n) is 5.34. The van der Waals surface area contributed by atoms with Gasteiger partial charge in [-0.25, -0.2) is 4.79 Å². The lowest BCUT2D eigenvalue weighted by Crippen LogP contribution is -2.62. The van der Waals surface area contributed by atoms with Crippen LogP contribution in [0.4, 0.5) is 5.69 Å². The Bertz CT molecular complexity index is 611. The number of piperazine rings is 1. The van der Waals surface area contributed by atoms with E-state index >= 15 is 0 Å². The van der Waals surface area contributed by atoms with E-state index in [-0.39, 0.29) is 5.91 Å². The van der Waals surface area contributed by atoms with E-state index < -0.39 is 11.5 Å². The van der Waals surface area contributed by atoms with Crippen molar-refractivity contribution in [2.45, 2.75) is 19.4 Å². The van der Waals surface area contributed by atoms with E-state index in [9.17, 15) is 9.59 Å². The molecule has 5 nitrogen and oxygen atoms in total. The van der Waals surface area contributed by atoms with Crippen molar-refractivity contribution in [1.29, 1.82) is 0 Å². The molecule has 0 atom stereocenters. The monoisotopic (exact) mass is 352 g/mol. The average Bonchev–Trinajstić information content (AvgIpc) is 2.40. The van der Waals surface area contributed by atoms with Crippen molar-refractivity contribution in [3.63, 3.8) is 0 Å². The predicted octanol–water partition coefficient (Wildman–Crippen LogP) is 2.26. The fourth-order valence-electron chi connectivity index (χ4n) is 2.39. The quantitative estimate of drug-likeness (QED) is 0.818. The maximum Gasteiger partial charge on any atom is 0.328 e. The molecule has 0 spiro atoms. The summed E-state index contributed by atoms with van der Waals surface area (Å²) in [6.45, 7) is 4.96. The SMILES string of the molecule is CC1(C)C(=O)NCCN1c1ccc(Br)cc1/C=C/C(=O)O. The molecule has 112 valence electrons. The van der Waals surface area contributed by atoms with Crippen LogP contribution >= 0.6 is 15.9 Å². The van der Waals surface area contributed by atoms with Crippen LogP contribution in [0.15, 0.2) is 28.7 Å². The standard InChI is InChI=1S/C15H17BrN2O3/c1-15(2)14(21)17-7-8-18(15)12-5-4-11(16)9-10(12)3-6-13(19)20/h3-6,9H,7-8H2,1-2H3,(H,17,21)(H,19,20)/b6-3+. The van der Waals surface area contributed by atoms with Gasteiger partial charge in [0.05, 0.1) is 0 Å². The Balaban J connectivity index is 2.47. The molecule has 0 aliphatic carbocycles. The number of carbonyl (C=O) groups excluding carboxylic acids is 1. The van der Waals surface area contributed by atoms with Gasteiger partial charge in [0.25, 0.3) is 0 Å². The lowest BCUT2D eigenvalue weighted by Gasteiger charge is -2.43. The third-order valence-electron chi connectivity index (χ3n) is 3.54. The van der Waals surface area contributed by atoms with Crippen molar-refractivity contribution in [3.05, 3.63) is 34.3 Å². The number of aliphatic carboxylic acids is 1. The molecule has 0 bridgehead atoms. The van der Waals surface area contributed by atoms with Gasteiger partial charge in [0.2, 0.25) is 5.91 Å². The Morgan fingerprint density at radius 3 is 2.86 bits per heavy atom. The summed E-state index contributed by atoms with van der Waals surface area (Å²) < 4.78 is 0.857. The first-order valence-corrected chi connectivity index (χ1v) is 7.38. The van der Waals surface area contributed by atoms with Crippen molar-refractivity contribution in [3.8, 4) is 0 Å². The molecular weight excluding hydrogens is 336 g/mol. The van der Waals surface area contributed by atoms with E-state index in [1.54, 1.807) is 6.08 Å². The Labute approximate surface area is 131 Å². The molecule has 1 amide bonds. The number of anilines is 1. The second kappa shape index (κ2) is 5.89. The lowest BCUT2D eigenvalue weighted by molar-refractivity contribution is -0.131. The summed E-state index contributed by atoms with van der Waals surface area (Å²) in [6, 6.07) is 5.62. The van der Waals surface area contributed by atoms with Gasteiger partial charge in [-0.2, -0.15) is 0 Å². The summed E-state index contributed by atoms with van der Waals surface area (Å²) in [7, 11) is 0. The number of carboxylic acids is 1. The van der Waals surface area contributed by atoms with Gasteiger partial charge in [-0.1, -0.05) is 15.9 Å². The molecule has 1 fully saturated rings. The molecule has 0 saturated carbocycles. The largest absolute Gasteiger partial charge is 0.478 e. The molecule has 1 aromatic carbocycles. The Kier molecular flexibility index (Phi) is 4.37. The number of benzene rings is 1. The number of hydrogen-bond acceptors (Lipinski definition) is 3. The van der Waals surface area contributed by atoms with Gasteiger partial charge in [-0.15, -0.1) is 0 Å². The summed E-state index contributed by atoms with van der Waals surface area (Å²) in [4.78, 5) is 24.8. The van der Waals surface area contributed by atoms with Crippen molar-refractivity contribution in [1.82, 2.24) is 5.32 Å². The fourth-order valence-corrected chi connectivity index (χ4v) is 2.77. The number of amides is 1. The van der Waals surface area contributed by atoms with Crippen LogP contribution in [0.5, 0.6) is 0 Å². The zero-order chi connectivity index (χ0) is 15.6. The molecule has 2 rings (SSSR count). The Hall–Kier alpha value is -1.82. The molecule has 2 N–H and O–H groups in total. The molecular formula is C15H17BrN2O3. The highest BCUT2D eigenvalue weighted by Crippen LogP contribution is 2.32. The van der Waals surface area contributed by atoms with Gasteiger partial charge in [0, 0.05) is 29.3 Å². The Morgan fingerprint density at radius 2 is 2.19 bits per heavy atom. The third-order valence-corrected chi connectivity index (χ3v) is 4.03. The highest BCUT2D eigenvalue weighted by atomic mass is 79.9. The Morgan fingerprint density at radius 1 is 1.48 bits per heavy atom. The van der Waals surface area contributed by atoms with E-state index in [0.29, 0.717) is 13.1 Å². The van der Waals surface area contributed by atoms with E-state index in [2.05, 4.69) is 21.2 Å². The number of hydrogen-bond donors (Lipinski definition) is 2. The second-order valence-corrected chi connectivity index (χ2v) is 6.26. The number of rotatable bonds is 3. The summed E-state index contributed by atoms with van der Waals surface area (Å²) >= 11 is 3.39. The fraction of sp³-hybridized carbons (Fsp3) is 0.333. The molecule has 1 aliphatic heterocycles. The molecule has 0 radical (unpaired) electrons. The van der Waals surface area contributed by atoms with Crippen molar-refractivity contribution in [2.24, 2.45) is 0 Å². The van der Waals surface area contributed by atoms with E-state index in [1.807, 2.05) is 36.9 Å². The highest BCUT2D eigenvalue weighted by Gasteiger charge is 2.38. The van der Waals surface area contributed by atoms with Gasteiger partial charge in [0.15, 0.2) is 0 Å². The topological polar surface area (TPSA) is 69.6 Å². The first kappa shape index (κ1) is 15.6. The molecule has 0 unspecified atom stereocenters. The minimum Gasteiger partial charge on any atom is -0.478 e. The third kappa shape index (κ3) is 3.26.